The van der Waals surface area contributed by atoms with Crippen LogP contribution in [0.25, 0.3) is 0 Å². The van der Waals surface area contributed by atoms with Crippen molar-refractivity contribution in [2.45, 2.75) is 38.1 Å². The zero-order valence-electron chi connectivity index (χ0n) is 13.5. The fourth-order valence-electron chi connectivity index (χ4n) is 2.99. The number of benzene rings is 1. The summed E-state index contributed by atoms with van der Waals surface area (Å²) < 4.78 is 0. The lowest BCUT2D eigenvalue weighted by atomic mass is 10.0. The van der Waals surface area contributed by atoms with Gasteiger partial charge in [0.2, 0.25) is 0 Å². The fraction of sp³-hybridized carbons (Fsp3) is 0.389. The van der Waals surface area contributed by atoms with E-state index in [1.807, 2.05) is 24.3 Å². The van der Waals surface area contributed by atoms with E-state index in [4.69, 9.17) is 16.6 Å². The van der Waals surface area contributed by atoms with Gasteiger partial charge in [0.25, 0.3) is 5.91 Å². The Morgan fingerprint density at radius 3 is 2.71 bits per heavy atom. The molecule has 1 aromatic heterocycles. The molecule has 24 heavy (non-hydrogen) atoms. The predicted molar refractivity (Wildman–Crippen MR) is 93.5 cm³/mol. The minimum Gasteiger partial charge on any atom is -0.363 e. The molecule has 4 rings (SSSR count). The normalized spacial score (nSPS) is 17.8. The first-order chi connectivity index (χ1) is 11.6. The van der Waals surface area contributed by atoms with E-state index in [2.05, 4.69) is 22.5 Å². The summed E-state index contributed by atoms with van der Waals surface area (Å²) in [5.74, 6) is 1.88. The molecule has 0 radical (unpaired) electrons. The van der Waals surface area contributed by atoms with Gasteiger partial charge in [0.15, 0.2) is 0 Å². The molecule has 1 unspecified atom stereocenters. The number of amides is 1. The second kappa shape index (κ2) is 6.06. The van der Waals surface area contributed by atoms with Crippen molar-refractivity contribution in [3.8, 4) is 0 Å². The Hall–Kier alpha value is -2.14. The molecule has 1 atom stereocenters. The molecule has 2 N–H and O–H groups in total. The summed E-state index contributed by atoms with van der Waals surface area (Å²) in [7, 11) is 0. The highest BCUT2D eigenvalue weighted by molar-refractivity contribution is 6.30. The van der Waals surface area contributed by atoms with Gasteiger partial charge in [-0.05, 0) is 43.9 Å². The molecule has 1 fully saturated rings. The van der Waals surface area contributed by atoms with Crippen molar-refractivity contribution < 1.29 is 4.79 Å². The summed E-state index contributed by atoms with van der Waals surface area (Å²) >= 11 is 5.96. The minimum atomic E-state index is -0.0947. The smallest absolute Gasteiger partial charge is 0.270 e. The number of aromatic nitrogens is 2. The van der Waals surface area contributed by atoms with Crippen LogP contribution in [-0.4, -0.2) is 22.4 Å². The topological polar surface area (TPSA) is 66.9 Å². The number of rotatable bonds is 4. The largest absolute Gasteiger partial charge is 0.363 e. The van der Waals surface area contributed by atoms with Crippen LogP contribution in [0.15, 0.2) is 24.3 Å². The van der Waals surface area contributed by atoms with Crippen LogP contribution < -0.4 is 10.6 Å². The number of nitrogens with one attached hydrogen (secondary N) is 2. The van der Waals surface area contributed by atoms with Crippen molar-refractivity contribution >= 4 is 23.3 Å². The minimum absolute atomic E-state index is 0.0679. The van der Waals surface area contributed by atoms with Crippen LogP contribution >= 0.6 is 11.6 Å². The number of hydrogen-bond donors (Lipinski definition) is 2. The zero-order chi connectivity index (χ0) is 16.7. The van der Waals surface area contributed by atoms with E-state index in [9.17, 15) is 4.79 Å². The summed E-state index contributed by atoms with van der Waals surface area (Å²) in [6.45, 7) is 2.71. The number of anilines is 1. The van der Waals surface area contributed by atoms with Crippen LogP contribution in [0.1, 0.15) is 59.2 Å². The molecule has 0 saturated heterocycles. The first kappa shape index (κ1) is 15.4. The van der Waals surface area contributed by atoms with Crippen LogP contribution in [0.3, 0.4) is 0 Å². The predicted octanol–water partition coefficient (Wildman–Crippen LogP) is 3.47. The number of carbonyl (C=O) groups excluding carboxylic acids is 1. The van der Waals surface area contributed by atoms with E-state index in [1.54, 1.807) is 0 Å². The molecule has 2 heterocycles. The molecule has 1 saturated carbocycles. The van der Waals surface area contributed by atoms with Gasteiger partial charge in [-0.3, -0.25) is 4.79 Å². The number of nitrogens with zero attached hydrogens (tertiary/aromatic N) is 2. The summed E-state index contributed by atoms with van der Waals surface area (Å²) in [4.78, 5) is 21.4. The van der Waals surface area contributed by atoms with E-state index in [0.29, 0.717) is 18.2 Å². The Balaban J connectivity index is 1.68. The highest BCUT2D eigenvalue weighted by Crippen LogP contribution is 2.39. The average Bonchev–Trinajstić information content (AvgIpc) is 3.41. The van der Waals surface area contributed by atoms with Gasteiger partial charge in [0, 0.05) is 29.1 Å². The Kier molecular flexibility index (Phi) is 3.88. The SMILES string of the molecule is CC(Nc1nc(C2CC2)nc2c1CCNC2=O)c1ccc(Cl)cc1. The average molecular weight is 343 g/mol. The van der Waals surface area contributed by atoms with Gasteiger partial charge in [0.05, 0.1) is 0 Å². The third-order valence-electron chi connectivity index (χ3n) is 4.57. The molecule has 1 aromatic carbocycles. The summed E-state index contributed by atoms with van der Waals surface area (Å²) in [5, 5.41) is 7.07. The van der Waals surface area contributed by atoms with Gasteiger partial charge in [-0.25, -0.2) is 9.97 Å². The molecule has 0 bridgehead atoms. The van der Waals surface area contributed by atoms with Gasteiger partial charge in [-0.1, -0.05) is 23.7 Å². The molecule has 2 aromatic rings. The van der Waals surface area contributed by atoms with Gasteiger partial charge in [-0.2, -0.15) is 0 Å². The lowest BCUT2D eigenvalue weighted by molar-refractivity contribution is 0.0940. The third-order valence-corrected chi connectivity index (χ3v) is 4.82. The van der Waals surface area contributed by atoms with Gasteiger partial charge < -0.3 is 10.6 Å². The summed E-state index contributed by atoms with van der Waals surface area (Å²) in [5.41, 5.74) is 2.58. The summed E-state index contributed by atoms with van der Waals surface area (Å²) in [6.07, 6.45) is 2.96. The monoisotopic (exact) mass is 342 g/mol. The van der Waals surface area contributed by atoms with Crippen molar-refractivity contribution in [3.63, 3.8) is 0 Å². The van der Waals surface area contributed by atoms with E-state index in [1.165, 1.54) is 0 Å². The van der Waals surface area contributed by atoms with Crippen molar-refractivity contribution in [3.05, 3.63) is 51.9 Å². The molecule has 2 aliphatic rings. The second-order valence-electron chi connectivity index (χ2n) is 6.46. The van der Waals surface area contributed by atoms with Gasteiger partial charge in [0.1, 0.15) is 17.3 Å². The zero-order valence-corrected chi connectivity index (χ0v) is 14.2. The Morgan fingerprint density at radius 1 is 1.25 bits per heavy atom. The standard InChI is InChI=1S/C18H19ClN4O/c1-10(11-4-6-13(19)7-5-11)21-17-14-8-9-20-18(24)15(14)22-16(23-17)12-2-3-12/h4-7,10,12H,2-3,8-9H2,1H3,(H,20,24)(H,21,22,23). The summed E-state index contributed by atoms with van der Waals surface area (Å²) in [6, 6.07) is 7.84. The maximum atomic E-state index is 12.2. The molecule has 1 amide bonds. The Labute approximate surface area is 145 Å². The molecule has 6 heteroatoms. The van der Waals surface area contributed by atoms with Crippen LogP contribution in [-0.2, 0) is 6.42 Å². The lowest BCUT2D eigenvalue weighted by Gasteiger charge is -2.22. The Morgan fingerprint density at radius 2 is 2.00 bits per heavy atom. The van der Waals surface area contributed by atoms with E-state index in [-0.39, 0.29) is 11.9 Å². The number of fused-ring (bicyclic) bond motifs is 1. The van der Waals surface area contributed by atoms with Crippen LogP contribution in [0.4, 0.5) is 5.82 Å². The number of carbonyl (C=O) groups is 1. The molecule has 5 nitrogen and oxygen atoms in total. The molecule has 1 aliphatic carbocycles. The maximum absolute atomic E-state index is 12.2. The van der Waals surface area contributed by atoms with E-state index >= 15 is 0 Å². The van der Waals surface area contributed by atoms with Crippen molar-refractivity contribution in [2.24, 2.45) is 0 Å². The maximum Gasteiger partial charge on any atom is 0.270 e. The molecular weight excluding hydrogens is 324 g/mol. The second-order valence-corrected chi connectivity index (χ2v) is 6.89. The molecule has 1 aliphatic heterocycles. The van der Waals surface area contributed by atoms with Crippen molar-refractivity contribution in [2.75, 3.05) is 11.9 Å². The molecule has 0 spiro atoms. The third kappa shape index (κ3) is 2.96. The first-order valence-electron chi connectivity index (χ1n) is 8.33. The fourth-order valence-corrected chi connectivity index (χ4v) is 3.12. The first-order valence-corrected chi connectivity index (χ1v) is 8.70. The molecule has 124 valence electrons. The van der Waals surface area contributed by atoms with E-state index < -0.39 is 0 Å². The van der Waals surface area contributed by atoms with E-state index in [0.717, 1.165) is 47.1 Å². The van der Waals surface area contributed by atoms with Gasteiger partial charge >= 0.3 is 0 Å². The van der Waals surface area contributed by atoms with Crippen LogP contribution in [0, 0.1) is 0 Å². The van der Waals surface area contributed by atoms with Crippen LogP contribution in [0.2, 0.25) is 5.02 Å². The van der Waals surface area contributed by atoms with Crippen LogP contribution in [0.5, 0.6) is 0 Å². The van der Waals surface area contributed by atoms with Gasteiger partial charge in [-0.15, -0.1) is 0 Å². The quantitative estimate of drug-likeness (QED) is 0.892. The molecular formula is C18H19ClN4O. The van der Waals surface area contributed by atoms with Crippen molar-refractivity contribution in [1.29, 1.82) is 0 Å². The highest BCUT2D eigenvalue weighted by Gasteiger charge is 2.31. The van der Waals surface area contributed by atoms with Crippen molar-refractivity contribution in [1.82, 2.24) is 15.3 Å². The number of hydrogen-bond acceptors (Lipinski definition) is 4. The highest BCUT2D eigenvalue weighted by atomic mass is 35.5. The Bertz CT molecular complexity index is 786. The number of halogens is 1. The lowest BCUT2D eigenvalue weighted by Crippen LogP contribution is -2.34.